The molecule has 1 saturated heterocycles. The van der Waals surface area contributed by atoms with E-state index >= 15 is 0 Å². The number of carbonyl (C=O) groups excluding carboxylic acids is 3. The van der Waals surface area contributed by atoms with Crippen LogP contribution in [0.2, 0.25) is 0 Å². The van der Waals surface area contributed by atoms with E-state index in [1.54, 1.807) is 0 Å². The molecule has 1 fully saturated rings. The fourth-order valence-electron chi connectivity index (χ4n) is 3.08. The third-order valence-electron chi connectivity index (χ3n) is 4.69. The summed E-state index contributed by atoms with van der Waals surface area (Å²) in [5.41, 5.74) is -0.126. The number of hydrogen-bond acceptors (Lipinski definition) is 5. The second-order valence-electron chi connectivity index (χ2n) is 6.84. The van der Waals surface area contributed by atoms with Crippen LogP contribution in [0.1, 0.15) is 25.3 Å². The van der Waals surface area contributed by atoms with Crippen LogP contribution in [0.4, 0.5) is 0 Å². The normalized spacial score (nSPS) is 21.7. The Labute approximate surface area is 158 Å². The zero-order valence-corrected chi connectivity index (χ0v) is 15.7. The first-order valence-corrected chi connectivity index (χ1v) is 8.97. The largest absolute Gasteiger partial charge is 0.391 e. The summed E-state index contributed by atoms with van der Waals surface area (Å²) >= 11 is 0. The average molecular weight is 377 g/mol. The van der Waals surface area contributed by atoms with Crippen LogP contribution in [0.15, 0.2) is 30.3 Å². The molecule has 1 aromatic rings. The molecule has 8 heteroatoms. The van der Waals surface area contributed by atoms with Gasteiger partial charge in [0.1, 0.15) is 6.04 Å². The molecule has 1 aromatic carbocycles. The molecule has 0 radical (unpaired) electrons. The summed E-state index contributed by atoms with van der Waals surface area (Å²) in [6.45, 7) is 2.13. The van der Waals surface area contributed by atoms with Crippen LogP contribution in [0, 0.1) is 5.41 Å². The first-order valence-electron chi connectivity index (χ1n) is 8.97. The Morgan fingerprint density at radius 1 is 1.33 bits per heavy atom. The third-order valence-corrected chi connectivity index (χ3v) is 4.69. The number of likely N-dealkylation sites (N-methyl/N-ethyl adjacent to an activating group) is 1. The number of hydrogen-bond donors (Lipinski definition) is 4. The predicted molar refractivity (Wildman–Crippen MR) is 98.5 cm³/mol. The summed E-state index contributed by atoms with van der Waals surface area (Å²) in [7, 11) is 1.43. The summed E-state index contributed by atoms with van der Waals surface area (Å²) in [5.74, 6) is -1.22. The molecule has 4 N–H and O–H groups in total. The van der Waals surface area contributed by atoms with Gasteiger partial charge in [-0.05, 0) is 18.9 Å². The van der Waals surface area contributed by atoms with Crippen molar-refractivity contribution in [2.75, 3.05) is 20.2 Å². The van der Waals surface area contributed by atoms with Gasteiger partial charge < -0.3 is 25.8 Å². The zero-order valence-electron chi connectivity index (χ0n) is 15.7. The number of piperidine rings is 1. The van der Waals surface area contributed by atoms with Crippen LogP contribution >= 0.6 is 0 Å². The fourth-order valence-corrected chi connectivity index (χ4v) is 3.08. The Morgan fingerprint density at radius 3 is 2.63 bits per heavy atom. The van der Waals surface area contributed by atoms with E-state index < -0.39 is 29.4 Å². The van der Waals surface area contributed by atoms with Gasteiger partial charge in [0.2, 0.25) is 17.7 Å². The maximum atomic E-state index is 13.0. The Bertz CT molecular complexity index is 665. The van der Waals surface area contributed by atoms with E-state index in [0.717, 1.165) is 5.56 Å². The summed E-state index contributed by atoms with van der Waals surface area (Å²) in [5, 5.41) is 17.5. The second-order valence-corrected chi connectivity index (χ2v) is 6.84. The summed E-state index contributed by atoms with van der Waals surface area (Å²) in [4.78, 5) is 36.9. The molecule has 1 aliphatic heterocycles. The quantitative estimate of drug-likeness (QED) is 0.497. The maximum absolute atomic E-state index is 13.0. The van der Waals surface area contributed by atoms with Gasteiger partial charge in [-0.3, -0.25) is 14.4 Å². The number of rotatable bonds is 8. The molecule has 1 unspecified atom stereocenters. The van der Waals surface area contributed by atoms with E-state index in [-0.39, 0.29) is 18.9 Å². The van der Waals surface area contributed by atoms with E-state index in [2.05, 4.69) is 16.0 Å². The molecule has 2 rings (SSSR count). The molecular weight excluding hydrogens is 350 g/mol. The Hall–Kier alpha value is -2.45. The van der Waals surface area contributed by atoms with E-state index in [4.69, 9.17) is 4.74 Å². The summed E-state index contributed by atoms with van der Waals surface area (Å²) < 4.78 is 5.76. The molecule has 3 amide bonds. The first-order chi connectivity index (χ1) is 12.9. The van der Waals surface area contributed by atoms with E-state index in [1.807, 2.05) is 30.3 Å². The minimum atomic E-state index is -1.10. The maximum Gasteiger partial charge on any atom is 0.245 e. The van der Waals surface area contributed by atoms with Gasteiger partial charge in [0.05, 0.1) is 24.7 Å². The highest BCUT2D eigenvalue weighted by Gasteiger charge is 2.44. The van der Waals surface area contributed by atoms with Crippen molar-refractivity contribution in [3.05, 3.63) is 35.9 Å². The van der Waals surface area contributed by atoms with Crippen LogP contribution < -0.4 is 16.0 Å². The lowest BCUT2D eigenvalue weighted by Crippen LogP contribution is -2.58. The number of aliphatic hydroxyl groups excluding tert-OH is 1. The predicted octanol–water partition coefficient (Wildman–Crippen LogP) is -0.289. The van der Waals surface area contributed by atoms with Crippen molar-refractivity contribution < 1.29 is 24.2 Å². The second kappa shape index (κ2) is 9.48. The number of ether oxygens (including phenoxy) is 1. The molecule has 8 nitrogen and oxygen atoms in total. The lowest BCUT2D eigenvalue weighted by molar-refractivity contribution is -0.147. The fraction of sp³-hybridized carbons (Fsp3) is 0.526. The van der Waals surface area contributed by atoms with E-state index in [9.17, 15) is 19.5 Å². The third kappa shape index (κ3) is 5.51. The molecule has 1 aliphatic rings. The van der Waals surface area contributed by atoms with Crippen molar-refractivity contribution in [1.29, 1.82) is 0 Å². The first kappa shape index (κ1) is 20.9. The van der Waals surface area contributed by atoms with Crippen molar-refractivity contribution >= 4 is 17.7 Å². The van der Waals surface area contributed by atoms with Crippen molar-refractivity contribution in [2.45, 2.75) is 38.5 Å². The minimum Gasteiger partial charge on any atom is -0.391 e. The van der Waals surface area contributed by atoms with Crippen LogP contribution in [0.5, 0.6) is 0 Å². The SMILES string of the molecule is CNC(=O)[C@@H](NC(=O)C1(COCc2ccccc2)CCNC(=O)C1)[C@@H](C)O. The van der Waals surface area contributed by atoms with Crippen LogP contribution in [0.25, 0.3) is 0 Å². The molecule has 0 saturated carbocycles. The Morgan fingerprint density at radius 2 is 2.04 bits per heavy atom. The number of amides is 3. The van der Waals surface area contributed by atoms with Gasteiger partial charge in [0.25, 0.3) is 0 Å². The van der Waals surface area contributed by atoms with Gasteiger partial charge in [0.15, 0.2) is 0 Å². The standard InChI is InChI=1S/C19H27N3O5/c1-13(23)16(17(25)20-2)22-18(26)19(8-9-21-15(24)10-19)12-27-11-14-6-4-3-5-7-14/h3-7,13,16,23H,8-12H2,1-2H3,(H,20,25)(H,21,24)(H,22,26)/t13-,16+,19?/m1/s1. The van der Waals surface area contributed by atoms with Gasteiger partial charge in [-0.15, -0.1) is 0 Å². The van der Waals surface area contributed by atoms with Crippen LogP contribution in [0.3, 0.4) is 0 Å². The van der Waals surface area contributed by atoms with Gasteiger partial charge in [-0.25, -0.2) is 0 Å². The molecule has 1 heterocycles. The van der Waals surface area contributed by atoms with Gasteiger partial charge in [-0.2, -0.15) is 0 Å². The highest BCUT2D eigenvalue weighted by molar-refractivity contribution is 5.93. The van der Waals surface area contributed by atoms with E-state index in [1.165, 1.54) is 14.0 Å². The monoisotopic (exact) mass is 377 g/mol. The highest BCUT2D eigenvalue weighted by Crippen LogP contribution is 2.31. The lowest BCUT2D eigenvalue weighted by Gasteiger charge is -2.36. The Balaban J connectivity index is 2.10. The smallest absolute Gasteiger partial charge is 0.245 e. The molecule has 148 valence electrons. The van der Waals surface area contributed by atoms with Crippen LogP contribution in [-0.4, -0.2) is 55.2 Å². The minimum absolute atomic E-state index is 0.0338. The molecule has 27 heavy (non-hydrogen) atoms. The topological polar surface area (TPSA) is 117 Å². The van der Waals surface area contributed by atoms with Crippen molar-refractivity contribution in [2.24, 2.45) is 5.41 Å². The average Bonchev–Trinajstić information content (AvgIpc) is 2.66. The molecule has 0 bridgehead atoms. The molecule has 0 aromatic heterocycles. The van der Waals surface area contributed by atoms with Gasteiger partial charge >= 0.3 is 0 Å². The molecule has 0 aliphatic carbocycles. The number of carbonyl (C=O) groups is 3. The number of benzene rings is 1. The summed E-state index contributed by atoms with van der Waals surface area (Å²) in [6, 6.07) is 8.42. The molecule has 3 atom stereocenters. The highest BCUT2D eigenvalue weighted by atomic mass is 16.5. The van der Waals surface area contributed by atoms with Gasteiger partial charge in [0, 0.05) is 20.0 Å². The van der Waals surface area contributed by atoms with Crippen molar-refractivity contribution in [3.8, 4) is 0 Å². The van der Waals surface area contributed by atoms with Crippen LogP contribution in [-0.2, 0) is 25.7 Å². The molecule has 0 spiro atoms. The summed E-state index contributed by atoms with van der Waals surface area (Å²) in [6.07, 6.45) is -0.721. The van der Waals surface area contributed by atoms with Gasteiger partial charge in [-0.1, -0.05) is 30.3 Å². The van der Waals surface area contributed by atoms with E-state index in [0.29, 0.717) is 19.6 Å². The molecular formula is C19H27N3O5. The lowest BCUT2D eigenvalue weighted by atomic mass is 9.78. The number of nitrogens with one attached hydrogen (secondary N) is 3. The number of aliphatic hydroxyl groups is 1. The Kier molecular flexibility index (Phi) is 7.32. The van der Waals surface area contributed by atoms with Crippen molar-refractivity contribution in [1.82, 2.24) is 16.0 Å². The van der Waals surface area contributed by atoms with Crippen molar-refractivity contribution in [3.63, 3.8) is 0 Å². The zero-order chi connectivity index (χ0) is 19.9.